The number of benzene rings is 1. The van der Waals surface area contributed by atoms with E-state index in [0.717, 1.165) is 31.7 Å². The van der Waals surface area contributed by atoms with Gasteiger partial charge in [-0.3, -0.25) is 4.79 Å². The molecule has 1 aliphatic rings. The van der Waals surface area contributed by atoms with Crippen LogP contribution in [-0.4, -0.2) is 25.6 Å². The van der Waals surface area contributed by atoms with E-state index in [1.54, 1.807) is 0 Å². The minimum Gasteiger partial charge on any atom is -0.494 e. The third kappa shape index (κ3) is 4.91. The van der Waals surface area contributed by atoms with E-state index in [9.17, 15) is 4.79 Å². The summed E-state index contributed by atoms with van der Waals surface area (Å²) in [5.41, 5.74) is 1.22. The van der Waals surface area contributed by atoms with Gasteiger partial charge in [-0.2, -0.15) is 0 Å². The van der Waals surface area contributed by atoms with E-state index < -0.39 is 0 Å². The fourth-order valence-corrected chi connectivity index (χ4v) is 1.87. The van der Waals surface area contributed by atoms with Crippen molar-refractivity contribution in [2.75, 3.05) is 19.7 Å². The maximum absolute atomic E-state index is 11.4. The Hall–Kier alpha value is -1.55. The summed E-state index contributed by atoms with van der Waals surface area (Å²) >= 11 is 0. The van der Waals surface area contributed by atoms with Gasteiger partial charge >= 0.3 is 0 Å². The van der Waals surface area contributed by atoms with Gasteiger partial charge in [-0.05, 0) is 37.5 Å². The molecule has 1 amide bonds. The molecule has 2 N–H and O–H groups in total. The molecular formula is C15H22N2O2. The number of hydrogen-bond acceptors (Lipinski definition) is 3. The molecule has 2 rings (SSSR count). The summed E-state index contributed by atoms with van der Waals surface area (Å²) in [5.74, 6) is 1.41. The average molecular weight is 262 g/mol. The fraction of sp³-hybridized carbons (Fsp3) is 0.533. The lowest BCUT2D eigenvalue weighted by atomic mass is 10.2. The first-order chi connectivity index (χ1) is 9.29. The number of hydrogen-bond donors (Lipinski definition) is 2. The van der Waals surface area contributed by atoms with Gasteiger partial charge in [-0.25, -0.2) is 0 Å². The zero-order valence-corrected chi connectivity index (χ0v) is 11.4. The third-order valence-corrected chi connectivity index (χ3v) is 3.11. The van der Waals surface area contributed by atoms with Crippen LogP contribution < -0.4 is 15.4 Å². The topological polar surface area (TPSA) is 50.4 Å². The average Bonchev–Trinajstić information content (AvgIpc) is 3.25. The van der Waals surface area contributed by atoms with E-state index in [-0.39, 0.29) is 5.91 Å². The Labute approximate surface area is 114 Å². The molecule has 4 nitrogen and oxygen atoms in total. The van der Waals surface area contributed by atoms with Gasteiger partial charge in [0.05, 0.1) is 6.61 Å². The second-order valence-corrected chi connectivity index (χ2v) is 4.82. The summed E-state index contributed by atoms with van der Waals surface area (Å²) in [7, 11) is 0. The van der Waals surface area contributed by atoms with Crippen molar-refractivity contribution in [1.82, 2.24) is 10.6 Å². The van der Waals surface area contributed by atoms with Gasteiger partial charge in [0.15, 0.2) is 0 Å². The second kappa shape index (κ2) is 7.14. The molecule has 1 fully saturated rings. The Kier molecular flexibility index (Phi) is 5.21. The van der Waals surface area contributed by atoms with Gasteiger partial charge in [-0.15, -0.1) is 0 Å². The lowest BCUT2D eigenvalue weighted by molar-refractivity contribution is -0.122. The fourth-order valence-electron chi connectivity index (χ4n) is 1.87. The third-order valence-electron chi connectivity index (χ3n) is 3.11. The Balaban J connectivity index is 1.58. The minimum absolute atomic E-state index is 0.211. The number of ether oxygens (including phenoxy) is 1. The predicted molar refractivity (Wildman–Crippen MR) is 75.1 cm³/mol. The molecule has 4 heteroatoms. The van der Waals surface area contributed by atoms with E-state index in [1.807, 2.05) is 19.1 Å². The standard InChI is InChI=1S/C15H22N2O2/c1-2-19-14-7-3-12(4-8-14)11-16-9-10-17-15(18)13-5-6-13/h3-4,7-8,13,16H,2,5-6,9-11H2,1H3,(H,17,18). The molecule has 1 saturated carbocycles. The summed E-state index contributed by atoms with van der Waals surface area (Å²) in [6.07, 6.45) is 2.12. The van der Waals surface area contributed by atoms with Crippen molar-refractivity contribution in [3.8, 4) is 5.75 Å². The first kappa shape index (κ1) is 13.9. The van der Waals surface area contributed by atoms with E-state index in [1.165, 1.54) is 5.56 Å². The van der Waals surface area contributed by atoms with Crippen LogP contribution in [0.15, 0.2) is 24.3 Å². The van der Waals surface area contributed by atoms with Crippen molar-refractivity contribution in [3.05, 3.63) is 29.8 Å². The quantitative estimate of drug-likeness (QED) is 0.701. The molecule has 0 radical (unpaired) electrons. The Morgan fingerprint density at radius 2 is 2.00 bits per heavy atom. The first-order valence-electron chi connectivity index (χ1n) is 6.99. The summed E-state index contributed by atoms with van der Waals surface area (Å²) in [4.78, 5) is 11.4. The summed E-state index contributed by atoms with van der Waals surface area (Å²) < 4.78 is 5.39. The van der Waals surface area contributed by atoms with Crippen LogP contribution in [0.2, 0.25) is 0 Å². The van der Waals surface area contributed by atoms with Crippen LogP contribution in [0, 0.1) is 5.92 Å². The highest BCUT2D eigenvalue weighted by atomic mass is 16.5. The molecule has 0 spiro atoms. The number of amides is 1. The van der Waals surface area contributed by atoms with Gasteiger partial charge in [0, 0.05) is 25.6 Å². The Morgan fingerprint density at radius 3 is 2.63 bits per heavy atom. The normalized spacial score (nSPS) is 14.2. The molecule has 1 aromatic carbocycles. The molecule has 19 heavy (non-hydrogen) atoms. The van der Waals surface area contributed by atoms with Crippen molar-refractivity contribution in [2.24, 2.45) is 5.92 Å². The summed E-state index contributed by atoms with van der Waals surface area (Å²) in [6.45, 7) is 4.98. The molecule has 1 aliphatic carbocycles. The molecule has 0 heterocycles. The smallest absolute Gasteiger partial charge is 0.223 e. The van der Waals surface area contributed by atoms with Crippen molar-refractivity contribution in [2.45, 2.75) is 26.3 Å². The maximum Gasteiger partial charge on any atom is 0.223 e. The van der Waals surface area contributed by atoms with Crippen LogP contribution in [0.1, 0.15) is 25.3 Å². The van der Waals surface area contributed by atoms with E-state index in [4.69, 9.17) is 4.74 Å². The van der Waals surface area contributed by atoms with Gasteiger partial charge < -0.3 is 15.4 Å². The molecule has 104 valence electrons. The van der Waals surface area contributed by atoms with E-state index in [2.05, 4.69) is 22.8 Å². The molecular weight excluding hydrogens is 240 g/mol. The van der Waals surface area contributed by atoms with Crippen LogP contribution in [0.4, 0.5) is 0 Å². The van der Waals surface area contributed by atoms with Crippen molar-refractivity contribution in [1.29, 1.82) is 0 Å². The van der Waals surface area contributed by atoms with Gasteiger partial charge in [0.25, 0.3) is 0 Å². The van der Waals surface area contributed by atoms with Crippen LogP contribution in [0.5, 0.6) is 5.75 Å². The minimum atomic E-state index is 0.211. The number of rotatable bonds is 8. The van der Waals surface area contributed by atoms with Crippen LogP contribution >= 0.6 is 0 Å². The number of carbonyl (C=O) groups is 1. The summed E-state index contributed by atoms with van der Waals surface area (Å²) in [6, 6.07) is 8.08. The van der Waals surface area contributed by atoms with Crippen LogP contribution in [0.3, 0.4) is 0 Å². The van der Waals surface area contributed by atoms with Crippen molar-refractivity contribution >= 4 is 5.91 Å². The molecule has 0 saturated heterocycles. The highest BCUT2D eigenvalue weighted by Crippen LogP contribution is 2.28. The number of carbonyl (C=O) groups excluding carboxylic acids is 1. The molecule has 0 bridgehead atoms. The maximum atomic E-state index is 11.4. The van der Waals surface area contributed by atoms with Crippen LogP contribution in [-0.2, 0) is 11.3 Å². The SMILES string of the molecule is CCOc1ccc(CNCCNC(=O)C2CC2)cc1. The first-order valence-corrected chi connectivity index (χ1v) is 6.99. The largest absolute Gasteiger partial charge is 0.494 e. The molecule has 0 unspecified atom stereocenters. The molecule has 0 atom stereocenters. The summed E-state index contributed by atoms with van der Waals surface area (Å²) in [5, 5.41) is 6.25. The van der Waals surface area contributed by atoms with E-state index in [0.29, 0.717) is 19.1 Å². The van der Waals surface area contributed by atoms with Gasteiger partial charge in [-0.1, -0.05) is 12.1 Å². The molecule has 1 aromatic rings. The van der Waals surface area contributed by atoms with Crippen LogP contribution in [0.25, 0.3) is 0 Å². The monoisotopic (exact) mass is 262 g/mol. The lowest BCUT2D eigenvalue weighted by Crippen LogP contribution is -2.32. The van der Waals surface area contributed by atoms with Crippen molar-refractivity contribution in [3.63, 3.8) is 0 Å². The Bertz CT molecular complexity index is 399. The van der Waals surface area contributed by atoms with E-state index >= 15 is 0 Å². The van der Waals surface area contributed by atoms with Gasteiger partial charge in [0.1, 0.15) is 5.75 Å². The second-order valence-electron chi connectivity index (χ2n) is 4.82. The zero-order chi connectivity index (χ0) is 13.5. The van der Waals surface area contributed by atoms with Gasteiger partial charge in [0.2, 0.25) is 5.91 Å². The molecule has 0 aromatic heterocycles. The van der Waals surface area contributed by atoms with Crippen molar-refractivity contribution < 1.29 is 9.53 Å². The predicted octanol–water partition coefficient (Wildman–Crippen LogP) is 1.70. The highest BCUT2D eigenvalue weighted by molar-refractivity contribution is 5.80. The Morgan fingerprint density at radius 1 is 1.26 bits per heavy atom. The number of nitrogens with one attached hydrogen (secondary N) is 2. The highest BCUT2D eigenvalue weighted by Gasteiger charge is 2.28. The lowest BCUT2D eigenvalue weighted by Gasteiger charge is -2.07. The zero-order valence-electron chi connectivity index (χ0n) is 11.4. The molecule has 0 aliphatic heterocycles.